The molecule has 3 rings (SSSR count). The number of ether oxygens (including phenoxy) is 1. The third-order valence-corrected chi connectivity index (χ3v) is 6.07. The zero-order chi connectivity index (χ0) is 28.9. The average Bonchev–Trinajstić information content (AvgIpc) is 3.36. The lowest BCUT2D eigenvalue weighted by atomic mass is 10.1. The van der Waals surface area contributed by atoms with Crippen LogP contribution >= 0.6 is 22.9 Å². The first-order valence-electron chi connectivity index (χ1n) is 11.7. The molecule has 0 unspecified atom stereocenters. The van der Waals surface area contributed by atoms with Crippen molar-refractivity contribution in [3.8, 4) is 0 Å². The molecule has 1 aliphatic heterocycles. The van der Waals surface area contributed by atoms with Crippen LogP contribution in [0.3, 0.4) is 0 Å². The van der Waals surface area contributed by atoms with E-state index in [-0.39, 0.29) is 22.0 Å². The van der Waals surface area contributed by atoms with Gasteiger partial charge in [0.15, 0.2) is 0 Å². The van der Waals surface area contributed by atoms with Crippen molar-refractivity contribution in [2.75, 3.05) is 18.9 Å². The van der Waals surface area contributed by atoms with Gasteiger partial charge in [-0.25, -0.2) is 9.18 Å². The topological polar surface area (TPSA) is 160 Å². The number of nitrogens with two attached hydrogens (primary N) is 1. The Morgan fingerprint density at radius 3 is 2.54 bits per heavy atom. The number of carboxylic acid groups (broad SMARTS) is 1. The summed E-state index contributed by atoms with van der Waals surface area (Å²) in [6.07, 6.45) is 8.03. The average molecular weight is 579 g/mol. The third kappa shape index (κ3) is 9.58. The number of allylic oxidation sites excluding steroid dienone is 3. The summed E-state index contributed by atoms with van der Waals surface area (Å²) in [5, 5.41) is 16.6. The molecular weight excluding hydrogens is 551 g/mol. The Bertz CT molecular complexity index is 1280. The number of anilines is 1. The molecule has 2 heterocycles. The van der Waals surface area contributed by atoms with Crippen molar-refractivity contribution < 1.29 is 33.4 Å². The third-order valence-electron chi connectivity index (χ3n) is 4.86. The van der Waals surface area contributed by atoms with Crippen molar-refractivity contribution in [2.45, 2.75) is 26.4 Å². The van der Waals surface area contributed by atoms with Crippen LogP contribution in [0.1, 0.15) is 39.4 Å². The second-order valence-electron chi connectivity index (χ2n) is 7.57. The molecule has 0 saturated carbocycles. The molecule has 1 aromatic carbocycles. The van der Waals surface area contributed by atoms with Crippen LogP contribution in [0.4, 0.5) is 9.39 Å². The van der Waals surface area contributed by atoms with Crippen LogP contribution in [0.5, 0.6) is 0 Å². The van der Waals surface area contributed by atoms with Gasteiger partial charge in [0.1, 0.15) is 24.2 Å². The highest BCUT2D eigenvalue weighted by molar-refractivity contribution is 7.17. The van der Waals surface area contributed by atoms with E-state index in [4.69, 9.17) is 22.1 Å². The maximum Gasteiger partial charge on any atom is 0.328 e. The number of rotatable bonds is 10. The fourth-order valence-corrected chi connectivity index (χ4v) is 4.06. The number of amides is 3. The monoisotopic (exact) mass is 578 g/mol. The van der Waals surface area contributed by atoms with E-state index >= 15 is 0 Å². The van der Waals surface area contributed by atoms with Crippen LogP contribution in [-0.2, 0) is 20.9 Å². The van der Waals surface area contributed by atoms with E-state index in [1.807, 2.05) is 19.9 Å². The quantitative estimate of drug-likeness (QED) is 0.270. The Hall–Kier alpha value is -4.16. The van der Waals surface area contributed by atoms with Gasteiger partial charge in [-0.15, -0.1) is 11.3 Å². The predicted octanol–water partition coefficient (Wildman–Crippen LogP) is 3.40. The van der Waals surface area contributed by atoms with Gasteiger partial charge in [-0.05, 0) is 48.1 Å². The van der Waals surface area contributed by atoms with E-state index in [0.29, 0.717) is 17.4 Å². The van der Waals surface area contributed by atoms with Crippen LogP contribution < -0.4 is 21.7 Å². The fraction of sp³-hybridized carbons (Fsp3) is 0.231. The molecule has 3 amide bonds. The number of carbonyl (C=O) groups is 4. The largest absolute Gasteiger partial charge is 0.490 e. The van der Waals surface area contributed by atoms with Gasteiger partial charge in [0.25, 0.3) is 11.8 Å². The molecule has 208 valence electrons. The number of nitrogen functional groups attached to an aromatic ring is 1. The molecule has 1 aromatic heterocycles. The zero-order valence-electron chi connectivity index (χ0n) is 21.1. The van der Waals surface area contributed by atoms with Gasteiger partial charge in [-0.2, -0.15) is 0 Å². The van der Waals surface area contributed by atoms with Gasteiger partial charge in [-0.3, -0.25) is 14.4 Å². The van der Waals surface area contributed by atoms with E-state index in [0.717, 1.165) is 17.4 Å². The molecule has 39 heavy (non-hydrogen) atoms. The van der Waals surface area contributed by atoms with Crippen LogP contribution in [0.2, 0.25) is 5.02 Å². The van der Waals surface area contributed by atoms with Crippen molar-refractivity contribution in [3.63, 3.8) is 0 Å². The highest BCUT2D eigenvalue weighted by Gasteiger charge is 2.25. The predicted molar refractivity (Wildman–Crippen MR) is 147 cm³/mol. The summed E-state index contributed by atoms with van der Waals surface area (Å²) < 4.78 is 20.0. The molecule has 0 aliphatic carbocycles. The standard InChI is InChI=1S/C24H22ClFN4O6S.C2H6/c25-15-9-13(11-28-20(31)7-4-14-3-1-2-8-36-14)10-16(26)21(15)23(33)30-17(24(34)35)12-29-22(32)18-5-6-19(27)37-18;1-2/h1-7,9-10,17H,8,11-12,27H2,(H,28,31)(H,29,32)(H,30,33)(H,34,35);1-2H3/b7-4+;/t17-;/m0./s1. The van der Waals surface area contributed by atoms with E-state index in [1.165, 1.54) is 30.4 Å². The normalized spacial score (nSPS) is 12.9. The molecule has 2 aromatic rings. The SMILES string of the molecule is CC.Nc1ccc(C(=O)NC[C@H](NC(=O)c2c(F)cc(CNC(=O)/C=C/C3=CC=CCO3)cc2Cl)C(=O)O)s1. The smallest absolute Gasteiger partial charge is 0.328 e. The van der Waals surface area contributed by atoms with E-state index < -0.39 is 47.7 Å². The highest BCUT2D eigenvalue weighted by atomic mass is 35.5. The number of carbonyl (C=O) groups excluding carboxylic acids is 3. The van der Waals surface area contributed by atoms with Crippen LogP contribution in [0.25, 0.3) is 0 Å². The number of carboxylic acids is 1. The van der Waals surface area contributed by atoms with Gasteiger partial charge in [0, 0.05) is 19.2 Å². The minimum Gasteiger partial charge on any atom is -0.490 e. The first kappa shape index (κ1) is 31.1. The molecule has 13 heteroatoms. The Kier molecular flexibility index (Phi) is 12.2. The van der Waals surface area contributed by atoms with Gasteiger partial charge >= 0.3 is 5.97 Å². The van der Waals surface area contributed by atoms with Crippen LogP contribution in [0.15, 0.2) is 60.4 Å². The number of nitrogens with one attached hydrogen (secondary N) is 3. The van der Waals surface area contributed by atoms with E-state index in [2.05, 4.69) is 16.0 Å². The number of aliphatic carboxylic acids is 1. The van der Waals surface area contributed by atoms with E-state index in [1.54, 1.807) is 12.2 Å². The van der Waals surface area contributed by atoms with Crippen LogP contribution in [-0.4, -0.2) is 48.0 Å². The zero-order valence-corrected chi connectivity index (χ0v) is 22.7. The number of halogens is 2. The minimum atomic E-state index is -1.56. The summed E-state index contributed by atoms with van der Waals surface area (Å²) in [5.41, 5.74) is 5.27. The second kappa shape index (κ2) is 15.3. The molecule has 1 aliphatic rings. The van der Waals surface area contributed by atoms with Crippen molar-refractivity contribution in [1.82, 2.24) is 16.0 Å². The van der Waals surface area contributed by atoms with Gasteiger partial charge in [0.05, 0.1) is 20.5 Å². The molecule has 1 atom stereocenters. The lowest BCUT2D eigenvalue weighted by Gasteiger charge is -2.16. The fourth-order valence-electron chi connectivity index (χ4n) is 3.05. The van der Waals surface area contributed by atoms with Crippen molar-refractivity contribution in [2.24, 2.45) is 0 Å². The molecule has 0 fully saturated rings. The van der Waals surface area contributed by atoms with Crippen molar-refractivity contribution in [3.05, 3.63) is 87.2 Å². The minimum absolute atomic E-state index is 0.0848. The molecule has 6 N–H and O–H groups in total. The molecule has 0 spiro atoms. The maximum atomic E-state index is 14.7. The maximum absolute atomic E-state index is 14.7. The molecule has 10 nitrogen and oxygen atoms in total. The Morgan fingerprint density at radius 1 is 1.21 bits per heavy atom. The van der Waals surface area contributed by atoms with Gasteiger partial charge in [0.2, 0.25) is 5.91 Å². The number of hydrogen-bond donors (Lipinski definition) is 5. The Labute approximate surface area is 233 Å². The molecular formula is C26H28ClFN4O6S. The molecule has 0 saturated heterocycles. The Balaban J connectivity index is 0.00000260. The lowest BCUT2D eigenvalue weighted by molar-refractivity contribution is -0.139. The van der Waals surface area contributed by atoms with Crippen molar-refractivity contribution in [1.29, 1.82) is 0 Å². The second-order valence-corrected chi connectivity index (χ2v) is 9.09. The lowest BCUT2D eigenvalue weighted by Crippen LogP contribution is -2.48. The molecule has 0 radical (unpaired) electrons. The number of hydrogen-bond acceptors (Lipinski definition) is 7. The van der Waals surface area contributed by atoms with Crippen LogP contribution in [0, 0.1) is 5.82 Å². The summed E-state index contributed by atoms with van der Waals surface area (Å²) in [6, 6.07) is 3.71. The van der Waals surface area contributed by atoms with Gasteiger partial charge in [-0.1, -0.05) is 31.5 Å². The summed E-state index contributed by atoms with van der Waals surface area (Å²) in [4.78, 5) is 48.6. The van der Waals surface area contributed by atoms with Crippen molar-refractivity contribution >= 4 is 51.6 Å². The highest BCUT2D eigenvalue weighted by Crippen LogP contribution is 2.22. The van der Waals surface area contributed by atoms with E-state index in [9.17, 15) is 28.7 Å². The summed E-state index contributed by atoms with van der Waals surface area (Å²) in [5.74, 6) is -4.08. The summed E-state index contributed by atoms with van der Waals surface area (Å²) in [7, 11) is 0. The summed E-state index contributed by atoms with van der Waals surface area (Å²) in [6.45, 7) is 3.85. The first-order chi connectivity index (χ1) is 18.6. The summed E-state index contributed by atoms with van der Waals surface area (Å²) >= 11 is 7.11. The number of thiophene rings is 1. The molecule has 0 bridgehead atoms. The number of benzene rings is 1. The Morgan fingerprint density at radius 2 is 1.95 bits per heavy atom. The van der Waals surface area contributed by atoms with Gasteiger partial charge < -0.3 is 31.5 Å². The first-order valence-corrected chi connectivity index (χ1v) is 12.9.